The Morgan fingerprint density at radius 3 is 2.39 bits per heavy atom. The third kappa shape index (κ3) is 6.26. The summed E-state index contributed by atoms with van der Waals surface area (Å²) >= 11 is 5.96. The van der Waals surface area contributed by atoms with Crippen molar-refractivity contribution in [1.82, 2.24) is 9.55 Å². The topological polar surface area (TPSA) is 85.7 Å². The lowest BCUT2D eigenvalue weighted by Gasteiger charge is -2.21. The first-order valence-electron chi connectivity index (χ1n) is 10.3. The molecule has 0 fully saturated rings. The molecule has 0 unspecified atom stereocenters. The molecule has 3 rings (SSSR count). The van der Waals surface area contributed by atoms with Crippen LogP contribution in [0.15, 0.2) is 54.6 Å². The summed E-state index contributed by atoms with van der Waals surface area (Å²) in [5.74, 6) is -0.112. The number of aromatic nitrogens is 2. The van der Waals surface area contributed by atoms with Gasteiger partial charge in [0.15, 0.2) is 18.1 Å². The number of nitrogens with zero attached hydrogens (tertiary/aromatic N) is 3. The fourth-order valence-corrected chi connectivity index (χ4v) is 3.19. The van der Waals surface area contributed by atoms with E-state index >= 15 is 0 Å². The molecule has 1 aromatic heterocycles. The molecule has 2 aromatic carbocycles. The van der Waals surface area contributed by atoms with E-state index in [4.69, 9.17) is 21.1 Å². The van der Waals surface area contributed by atoms with E-state index in [1.807, 2.05) is 30.3 Å². The van der Waals surface area contributed by atoms with Gasteiger partial charge in [0.25, 0.3) is 5.91 Å². The predicted octanol–water partition coefficient (Wildman–Crippen LogP) is 4.56. The van der Waals surface area contributed by atoms with E-state index < -0.39 is 17.5 Å². The van der Waals surface area contributed by atoms with Crippen LogP contribution in [0.4, 0.5) is 11.8 Å². The molecule has 0 saturated carbocycles. The Bertz CT molecular complexity index is 1140. The van der Waals surface area contributed by atoms with Crippen molar-refractivity contribution in [2.24, 2.45) is 0 Å². The molecule has 8 nitrogen and oxygen atoms in total. The highest BCUT2D eigenvalue weighted by atomic mass is 35.5. The van der Waals surface area contributed by atoms with Crippen molar-refractivity contribution < 1.29 is 19.1 Å². The molecule has 174 valence electrons. The van der Waals surface area contributed by atoms with Crippen molar-refractivity contribution in [1.29, 1.82) is 0 Å². The van der Waals surface area contributed by atoms with E-state index in [9.17, 15) is 9.59 Å². The van der Waals surface area contributed by atoms with Crippen LogP contribution in [-0.2, 0) is 9.53 Å². The summed E-state index contributed by atoms with van der Waals surface area (Å²) in [6, 6.07) is 16.0. The summed E-state index contributed by atoms with van der Waals surface area (Å²) < 4.78 is 12.8. The van der Waals surface area contributed by atoms with Crippen molar-refractivity contribution >= 4 is 35.2 Å². The third-order valence-corrected chi connectivity index (χ3v) is 4.53. The van der Waals surface area contributed by atoms with Crippen molar-refractivity contribution in [3.63, 3.8) is 0 Å². The van der Waals surface area contributed by atoms with E-state index in [0.29, 0.717) is 22.4 Å². The largest absolute Gasteiger partial charge is 0.484 e. The van der Waals surface area contributed by atoms with Gasteiger partial charge in [0.2, 0.25) is 5.95 Å². The normalized spacial score (nSPS) is 11.1. The fraction of sp³-hybridized carbons (Fsp3) is 0.292. The van der Waals surface area contributed by atoms with Gasteiger partial charge in [-0.25, -0.2) is 4.79 Å². The van der Waals surface area contributed by atoms with Gasteiger partial charge in [-0.3, -0.25) is 9.36 Å². The lowest BCUT2D eigenvalue weighted by molar-refractivity contribution is -0.118. The maximum atomic E-state index is 13.2. The van der Waals surface area contributed by atoms with E-state index in [2.05, 4.69) is 10.3 Å². The third-order valence-electron chi connectivity index (χ3n) is 4.29. The molecular formula is C24H27ClN4O4. The van der Waals surface area contributed by atoms with Crippen molar-refractivity contribution in [2.75, 3.05) is 30.9 Å². The number of para-hydroxylation sites is 1. The Morgan fingerprint density at radius 1 is 1.09 bits per heavy atom. The number of hydrogen-bond donors (Lipinski definition) is 1. The summed E-state index contributed by atoms with van der Waals surface area (Å²) in [7, 11) is 3.60. The lowest BCUT2D eigenvalue weighted by atomic mass is 10.2. The second-order valence-electron chi connectivity index (χ2n) is 8.47. The van der Waals surface area contributed by atoms with Crippen molar-refractivity contribution in [3.8, 4) is 11.4 Å². The first-order chi connectivity index (χ1) is 15.5. The number of ether oxygens (including phenoxy) is 2. The summed E-state index contributed by atoms with van der Waals surface area (Å²) in [5.41, 5.74) is 0.0687. The van der Waals surface area contributed by atoms with E-state index in [0.717, 1.165) is 0 Å². The SMILES string of the molecule is CN(C)c1nc(NC(=O)COc2cccc(Cl)c2)c(C(=O)OC(C)(C)C)n1-c1ccccc1. The maximum Gasteiger partial charge on any atom is 0.359 e. The van der Waals surface area contributed by atoms with Crippen LogP contribution < -0.4 is 15.0 Å². The zero-order valence-electron chi connectivity index (χ0n) is 19.3. The number of carbonyl (C=O) groups is 2. The van der Waals surface area contributed by atoms with E-state index in [1.165, 1.54) is 0 Å². The fourth-order valence-electron chi connectivity index (χ4n) is 3.01. The number of amides is 1. The molecule has 0 saturated heterocycles. The summed E-state index contributed by atoms with van der Waals surface area (Å²) in [6.07, 6.45) is 0. The zero-order valence-corrected chi connectivity index (χ0v) is 20.0. The second kappa shape index (κ2) is 9.95. The monoisotopic (exact) mass is 470 g/mol. The summed E-state index contributed by atoms with van der Waals surface area (Å²) in [5, 5.41) is 3.19. The van der Waals surface area contributed by atoms with Crippen LogP contribution >= 0.6 is 11.6 Å². The summed E-state index contributed by atoms with van der Waals surface area (Å²) in [6.45, 7) is 5.04. The molecule has 0 radical (unpaired) electrons. The van der Waals surface area contributed by atoms with Crippen LogP contribution in [0.3, 0.4) is 0 Å². The molecule has 33 heavy (non-hydrogen) atoms. The second-order valence-corrected chi connectivity index (χ2v) is 8.91. The van der Waals surface area contributed by atoms with Crippen LogP contribution in [-0.4, -0.2) is 47.7 Å². The molecule has 0 aliphatic heterocycles. The smallest absolute Gasteiger partial charge is 0.359 e. The van der Waals surface area contributed by atoms with Crippen LogP contribution in [0.25, 0.3) is 5.69 Å². The number of benzene rings is 2. The molecular weight excluding hydrogens is 444 g/mol. The highest BCUT2D eigenvalue weighted by Gasteiger charge is 2.30. The van der Waals surface area contributed by atoms with Crippen molar-refractivity contribution in [2.45, 2.75) is 26.4 Å². The Morgan fingerprint density at radius 2 is 1.79 bits per heavy atom. The van der Waals surface area contributed by atoms with Gasteiger partial charge in [-0.15, -0.1) is 0 Å². The quantitative estimate of drug-likeness (QED) is 0.509. The predicted molar refractivity (Wildman–Crippen MR) is 129 cm³/mol. The number of carbonyl (C=O) groups excluding carboxylic acids is 2. The van der Waals surface area contributed by atoms with Gasteiger partial charge in [-0.2, -0.15) is 4.98 Å². The Hall–Kier alpha value is -3.52. The number of halogens is 1. The van der Waals surface area contributed by atoms with Gasteiger partial charge >= 0.3 is 5.97 Å². The molecule has 1 amide bonds. The number of nitrogens with one attached hydrogen (secondary N) is 1. The molecule has 1 N–H and O–H groups in total. The number of rotatable bonds is 7. The molecule has 3 aromatic rings. The van der Waals surface area contributed by atoms with Gasteiger partial charge in [0.1, 0.15) is 11.4 Å². The Balaban J connectivity index is 1.97. The average molecular weight is 471 g/mol. The number of esters is 1. The first-order valence-corrected chi connectivity index (χ1v) is 10.7. The minimum absolute atomic E-state index is 0.0801. The average Bonchev–Trinajstić information content (AvgIpc) is 3.11. The minimum atomic E-state index is -0.738. The lowest BCUT2D eigenvalue weighted by Crippen LogP contribution is -2.27. The van der Waals surface area contributed by atoms with Crippen LogP contribution in [0.2, 0.25) is 5.02 Å². The van der Waals surface area contributed by atoms with Gasteiger partial charge in [-0.05, 0) is 51.1 Å². The van der Waals surface area contributed by atoms with Gasteiger partial charge in [0, 0.05) is 24.8 Å². The van der Waals surface area contributed by atoms with Gasteiger partial charge < -0.3 is 19.7 Å². The summed E-state index contributed by atoms with van der Waals surface area (Å²) in [4.78, 5) is 32.2. The standard InChI is InChI=1S/C24H27ClN4O4/c1-24(2,3)33-22(31)20-21(26-19(30)15-32-18-13-9-10-16(25)14-18)27-23(28(4)5)29(20)17-11-7-6-8-12-17/h6-14H,15H2,1-5H3,(H,26,30). The molecule has 0 bridgehead atoms. The highest BCUT2D eigenvalue weighted by molar-refractivity contribution is 6.30. The van der Waals surface area contributed by atoms with Gasteiger partial charge in [-0.1, -0.05) is 35.9 Å². The molecule has 0 aliphatic carbocycles. The molecule has 0 aliphatic rings. The molecule has 1 heterocycles. The van der Waals surface area contributed by atoms with Crippen LogP contribution in [0.5, 0.6) is 5.75 Å². The van der Waals surface area contributed by atoms with Crippen molar-refractivity contribution in [3.05, 3.63) is 65.3 Å². The van der Waals surface area contributed by atoms with E-state index in [-0.39, 0.29) is 18.1 Å². The molecule has 9 heteroatoms. The Kier molecular flexibility index (Phi) is 7.28. The maximum absolute atomic E-state index is 13.2. The minimum Gasteiger partial charge on any atom is -0.484 e. The van der Waals surface area contributed by atoms with Crippen LogP contribution in [0.1, 0.15) is 31.3 Å². The molecule has 0 spiro atoms. The zero-order chi connectivity index (χ0) is 24.2. The highest BCUT2D eigenvalue weighted by Crippen LogP contribution is 2.29. The number of anilines is 2. The van der Waals surface area contributed by atoms with Crippen LogP contribution in [0, 0.1) is 0 Å². The van der Waals surface area contributed by atoms with E-state index in [1.54, 1.807) is 68.6 Å². The number of hydrogen-bond acceptors (Lipinski definition) is 6. The van der Waals surface area contributed by atoms with Gasteiger partial charge in [0.05, 0.1) is 0 Å². The molecule has 0 atom stereocenters. The first kappa shape index (κ1) is 24.1. The Labute approximate surface area is 198 Å². The number of imidazole rings is 1.